The first-order valence-corrected chi connectivity index (χ1v) is 7.83. The van der Waals surface area contributed by atoms with Gasteiger partial charge in [0.25, 0.3) is 0 Å². The lowest BCUT2D eigenvalue weighted by molar-refractivity contribution is 0.483. The quantitative estimate of drug-likeness (QED) is 0.723. The number of nitrogens with zero attached hydrogens (tertiary/aromatic N) is 5. The Labute approximate surface area is 134 Å². The van der Waals surface area contributed by atoms with Crippen molar-refractivity contribution >= 4 is 22.8 Å². The number of halogens is 1. The van der Waals surface area contributed by atoms with Gasteiger partial charge in [0.1, 0.15) is 5.52 Å². The molecule has 3 heterocycles. The highest BCUT2D eigenvalue weighted by Gasteiger charge is 2.19. The minimum Gasteiger partial charge on any atom is -0.325 e. The van der Waals surface area contributed by atoms with E-state index in [2.05, 4.69) is 38.4 Å². The SMILES string of the molecule is CCC(CC)n1cnc2ncc(Cl)c(-c3ncc(C)cn3)c21. The Kier molecular flexibility index (Phi) is 4.07. The molecule has 0 aliphatic heterocycles. The molecule has 3 rings (SSSR count). The van der Waals surface area contributed by atoms with Gasteiger partial charge in [0.05, 0.1) is 16.9 Å². The van der Waals surface area contributed by atoms with Crippen LogP contribution in [0.5, 0.6) is 0 Å². The molecule has 0 saturated carbocycles. The topological polar surface area (TPSA) is 56.5 Å². The van der Waals surface area contributed by atoms with Crippen molar-refractivity contribution in [1.29, 1.82) is 0 Å². The number of imidazole rings is 1. The largest absolute Gasteiger partial charge is 0.325 e. The first-order valence-electron chi connectivity index (χ1n) is 7.45. The molecule has 0 spiro atoms. The zero-order valence-corrected chi connectivity index (χ0v) is 13.7. The van der Waals surface area contributed by atoms with Gasteiger partial charge in [-0.25, -0.2) is 19.9 Å². The van der Waals surface area contributed by atoms with Gasteiger partial charge in [0, 0.05) is 24.6 Å². The van der Waals surface area contributed by atoms with Gasteiger partial charge in [0.2, 0.25) is 0 Å². The van der Waals surface area contributed by atoms with Crippen LogP contribution in [-0.4, -0.2) is 24.5 Å². The van der Waals surface area contributed by atoms with E-state index in [0.717, 1.165) is 29.5 Å². The predicted octanol–water partition coefficient (Wildman–Crippen LogP) is 4.21. The molecule has 5 nitrogen and oxygen atoms in total. The van der Waals surface area contributed by atoms with Gasteiger partial charge < -0.3 is 4.57 Å². The van der Waals surface area contributed by atoms with Crippen LogP contribution in [0.2, 0.25) is 5.02 Å². The average molecular weight is 316 g/mol. The molecule has 0 atom stereocenters. The normalized spacial score (nSPS) is 11.5. The van der Waals surface area contributed by atoms with E-state index < -0.39 is 0 Å². The molecule has 3 aromatic heterocycles. The van der Waals surface area contributed by atoms with Crippen molar-refractivity contribution in [3.8, 4) is 11.4 Å². The Hall–Kier alpha value is -2.01. The third-order valence-electron chi connectivity index (χ3n) is 3.89. The number of pyridine rings is 1. The summed E-state index contributed by atoms with van der Waals surface area (Å²) in [4.78, 5) is 17.6. The minimum atomic E-state index is 0.356. The van der Waals surface area contributed by atoms with E-state index >= 15 is 0 Å². The Morgan fingerprint density at radius 2 is 1.73 bits per heavy atom. The van der Waals surface area contributed by atoms with Crippen molar-refractivity contribution in [1.82, 2.24) is 24.5 Å². The molecular formula is C16H18ClN5. The van der Waals surface area contributed by atoms with E-state index in [1.807, 2.05) is 13.3 Å². The smallest absolute Gasteiger partial charge is 0.178 e. The molecule has 0 N–H and O–H groups in total. The summed E-state index contributed by atoms with van der Waals surface area (Å²) >= 11 is 6.41. The minimum absolute atomic E-state index is 0.356. The number of rotatable bonds is 4. The first kappa shape index (κ1) is 14.9. The molecule has 0 aromatic carbocycles. The fourth-order valence-corrected chi connectivity index (χ4v) is 2.90. The maximum atomic E-state index is 6.41. The molecule has 114 valence electrons. The molecule has 0 fully saturated rings. The summed E-state index contributed by atoms with van der Waals surface area (Å²) in [6, 6.07) is 0.356. The summed E-state index contributed by atoms with van der Waals surface area (Å²) in [5.41, 5.74) is 3.40. The Morgan fingerprint density at radius 3 is 2.36 bits per heavy atom. The van der Waals surface area contributed by atoms with Gasteiger partial charge in [-0.2, -0.15) is 0 Å². The van der Waals surface area contributed by atoms with Gasteiger partial charge in [-0.1, -0.05) is 25.4 Å². The second-order valence-electron chi connectivity index (χ2n) is 5.36. The molecule has 6 heteroatoms. The Morgan fingerprint density at radius 1 is 1.05 bits per heavy atom. The molecule has 0 saturated heterocycles. The molecule has 0 aliphatic carbocycles. The molecule has 0 aliphatic rings. The van der Waals surface area contributed by atoms with Gasteiger partial charge >= 0.3 is 0 Å². The zero-order valence-electron chi connectivity index (χ0n) is 12.9. The van der Waals surface area contributed by atoms with Gasteiger partial charge in [-0.15, -0.1) is 0 Å². The number of aryl methyl sites for hydroxylation is 1. The van der Waals surface area contributed by atoms with Gasteiger partial charge in [0.15, 0.2) is 11.5 Å². The highest BCUT2D eigenvalue weighted by atomic mass is 35.5. The summed E-state index contributed by atoms with van der Waals surface area (Å²) in [5, 5.41) is 0.545. The van der Waals surface area contributed by atoms with Crippen molar-refractivity contribution in [2.75, 3.05) is 0 Å². The zero-order chi connectivity index (χ0) is 15.7. The van der Waals surface area contributed by atoms with Crippen molar-refractivity contribution in [2.24, 2.45) is 0 Å². The standard InChI is InChI=1S/C16H18ClN5/c1-4-11(5-2)22-9-21-16-14(22)13(12(17)8-20-16)15-18-6-10(3)7-19-15/h6-9,11H,4-5H2,1-3H3. The van der Waals surface area contributed by atoms with Crippen LogP contribution in [0.25, 0.3) is 22.6 Å². The van der Waals surface area contributed by atoms with Gasteiger partial charge in [-0.3, -0.25) is 0 Å². The Balaban J connectivity index is 2.30. The maximum absolute atomic E-state index is 6.41. The molecule has 0 bridgehead atoms. The van der Waals surface area contributed by atoms with Crippen LogP contribution in [0.1, 0.15) is 38.3 Å². The van der Waals surface area contributed by atoms with Crippen LogP contribution in [0, 0.1) is 6.92 Å². The summed E-state index contributed by atoms with van der Waals surface area (Å²) in [6.45, 7) is 6.29. The number of aromatic nitrogens is 5. The summed E-state index contributed by atoms with van der Waals surface area (Å²) in [7, 11) is 0. The van der Waals surface area contributed by atoms with Crippen molar-refractivity contribution in [3.63, 3.8) is 0 Å². The number of hydrogen-bond donors (Lipinski definition) is 0. The summed E-state index contributed by atoms with van der Waals surface area (Å²) in [6.07, 6.45) is 9.08. The highest BCUT2D eigenvalue weighted by molar-refractivity contribution is 6.34. The molecular weight excluding hydrogens is 298 g/mol. The number of hydrogen-bond acceptors (Lipinski definition) is 4. The average Bonchev–Trinajstić information content (AvgIpc) is 2.94. The molecule has 0 unspecified atom stereocenters. The van der Waals surface area contributed by atoms with Crippen LogP contribution in [-0.2, 0) is 0 Å². The fourth-order valence-electron chi connectivity index (χ4n) is 2.68. The van der Waals surface area contributed by atoms with Crippen molar-refractivity contribution < 1.29 is 0 Å². The maximum Gasteiger partial charge on any atom is 0.178 e. The van der Waals surface area contributed by atoms with E-state index in [1.165, 1.54) is 0 Å². The second kappa shape index (κ2) is 6.01. The monoisotopic (exact) mass is 315 g/mol. The molecule has 3 aromatic rings. The van der Waals surface area contributed by atoms with Crippen LogP contribution in [0.3, 0.4) is 0 Å². The van der Waals surface area contributed by atoms with Crippen molar-refractivity contribution in [3.05, 3.63) is 35.5 Å². The van der Waals surface area contributed by atoms with Crippen LogP contribution in [0.4, 0.5) is 0 Å². The molecule has 22 heavy (non-hydrogen) atoms. The summed E-state index contributed by atoms with van der Waals surface area (Å²) in [5.74, 6) is 0.607. The van der Waals surface area contributed by atoms with E-state index in [-0.39, 0.29) is 0 Å². The van der Waals surface area contributed by atoms with Crippen molar-refractivity contribution in [2.45, 2.75) is 39.7 Å². The Bertz CT molecular complexity index is 790. The molecule has 0 radical (unpaired) electrons. The van der Waals surface area contributed by atoms with E-state index in [9.17, 15) is 0 Å². The molecule has 0 amide bonds. The fraction of sp³-hybridized carbons (Fsp3) is 0.375. The third kappa shape index (κ3) is 2.46. The second-order valence-corrected chi connectivity index (χ2v) is 5.77. The van der Waals surface area contributed by atoms with Crippen LogP contribution >= 0.6 is 11.6 Å². The highest BCUT2D eigenvalue weighted by Crippen LogP contribution is 2.34. The van der Waals surface area contributed by atoms with Crippen LogP contribution in [0.15, 0.2) is 24.9 Å². The van der Waals surface area contributed by atoms with Crippen LogP contribution < -0.4 is 0 Å². The first-order chi connectivity index (χ1) is 10.7. The lowest BCUT2D eigenvalue weighted by Crippen LogP contribution is -2.07. The van der Waals surface area contributed by atoms with E-state index in [1.54, 1.807) is 18.6 Å². The lowest BCUT2D eigenvalue weighted by Gasteiger charge is -2.17. The predicted molar refractivity (Wildman–Crippen MR) is 87.9 cm³/mol. The third-order valence-corrected chi connectivity index (χ3v) is 4.18. The van der Waals surface area contributed by atoms with Gasteiger partial charge in [-0.05, 0) is 25.3 Å². The lowest BCUT2D eigenvalue weighted by atomic mass is 10.1. The van der Waals surface area contributed by atoms with E-state index in [4.69, 9.17) is 11.6 Å². The summed E-state index contributed by atoms with van der Waals surface area (Å²) < 4.78 is 2.15. The number of fused-ring (bicyclic) bond motifs is 1. The van der Waals surface area contributed by atoms with E-state index in [0.29, 0.717) is 22.5 Å².